The zero-order valence-corrected chi connectivity index (χ0v) is 72.4. The lowest BCUT2D eigenvalue weighted by Gasteiger charge is -2.51. The van der Waals surface area contributed by atoms with Crippen LogP contribution in [0.2, 0.25) is 0 Å². The second-order valence-electron chi connectivity index (χ2n) is 31.9. The fourth-order valence-electron chi connectivity index (χ4n) is 13.9. The number of carboxylic acids is 1. The first-order valence-corrected chi connectivity index (χ1v) is 42.3. The van der Waals surface area contributed by atoms with Gasteiger partial charge in [0.05, 0.1) is 43.3 Å². The molecule has 0 bridgehead atoms. The van der Waals surface area contributed by atoms with E-state index in [1.807, 2.05) is 177 Å². The number of aliphatic carboxylic acids is 1. The highest BCUT2D eigenvalue weighted by molar-refractivity contribution is 8.00. The van der Waals surface area contributed by atoms with Crippen LogP contribution in [-0.2, 0) is 92.6 Å². The highest BCUT2D eigenvalue weighted by Crippen LogP contribution is 2.38. The number of carbonyl (C=O) groups is 11. The van der Waals surface area contributed by atoms with Gasteiger partial charge in [-0.15, -0.1) is 23.5 Å². The molecule has 3 amide bonds. The average molecular weight is 1710 g/mol. The second kappa shape index (κ2) is 52.6. The predicted octanol–water partition coefficient (Wildman–Crippen LogP) is 9.96. The van der Waals surface area contributed by atoms with Gasteiger partial charge in [-0.2, -0.15) is 10.1 Å². The molecule has 6 atom stereocenters. The molecule has 0 aliphatic carbocycles. The molecule has 2 aliphatic heterocycles. The van der Waals surface area contributed by atoms with Crippen molar-refractivity contribution >= 4 is 88.7 Å². The number of benzene rings is 4. The number of ketones is 2. The molecule has 4 heterocycles. The second-order valence-corrected chi connectivity index (χ2v) is 34.6. The standard InChI is InChI=1S/C40H58N4O8S.C31H40N2O8S.C9H20N2O.C7H6N4O.CH4/c1-28(45)34(53-22-19-35(46)42-31-26-39(2,3)44(50)40(4,5)27-31)25-36(47)43-33(24-30-17-11-8-12-18-30)38(49)52-21-14-13-20-51-37(48)32(41-6)23-29-15-9-7-10-16-29;1-22(34)27(42-18-15-29(36)37)21-28(35)33-26(20-24-13-7-4-8-14-24)31(39)41-17-10-9-16-40-30(38)25(32-2)19-23-11-5-3-6-12-23;1-8(2)5-7(10)6-9(3,4)11(8)12;12-7(10-3-1-8-5-10)11-4-2-9-6-11;/h7-12,15-18,31-34,41,50H,13-14,19-27H2,1-6H3,(H,42,46)(H,43,47);3-8,11-14,25-27,32H,9-10,15-21H2,1-2H3,(H,33,35)(H,36,37);7,12H,5-6,10H2,1-4H3;1-6H;1H4. The molecule has 2 aliphatic rings. The molecule has 2 fully saturated rings. The Kier molecular flexibility index (Phi) is 45.1. The van der Waals surface area contributed by atoms with Crippen molar-refractivity contribution in [3.63, 3.8) is 0 Å². The molecule has 6 aromatic rings. The Morgan fingerprint density at radius 1 is 0.467 bits per heavy atom. The molecule has 32 heteroatoms. The Hall–Kier alpha value is -9.51. The Labute approximate surface area is 715 Å². The number of unbranched alkanes of at least 4 members (excludes halogenated alkanes) is 2. The van der Waals surface area contributed by atoms with Crippen LogP contribution in [0.25, 0.3) is 0 Å². The van der Waals surface area contributed by atoms with Crippen molar-refractivity contribution in [3.05, 3.63) is 181 Å². The van der Waals surface area contributed by atoms with Crippen molar-refractivity contribution in [1.82, 2.24) is 55.8 Å². The largest absolute Gasteiger partial charge is 0.481 e. The van der Waals surface area contributed by atoms with Gasteiger partial charge in [0.2, 0.25) is 17.7 Å². The van der Waals surface area contributed by atoms with Crippen LogP contribution >= 0.6 is 23.5 Å². The number of thioether (sulfide) groups is 2. The molecule has 30 nitrogen and oxygen atoms in total. The number of rotatable bonds is 41. The number of piperidine rings is 2. The van der Waals surface area contributed by atoms with Crippen molar-refractivity contribution in [2.24, 2.45) is 5.73 Å². The third kappa shape index (κ3) is 37.6. The lowest BCUT2D eigenvalue weighted by Crippen LogP contribution is -2.62. The maximum absolute atomic E-state index is 13.2. The summed E-state index contributed by atoms with van der Waals surface area (Å²) in [5, 5.41) is 45.2. The summed E-state index contributed by atoms with van der Waals surface area (Å²) in [6.45, 7) is 19.1. The summed E-state index contributed by atoms with van der Waals surface area (Å²) < 4.78 is 24.5. The van der Waals surface area contributed by atoms with Crippen molar-refractivity contribution in [3.8, 4) is 0 Å². The van der Waals surface area contributed by atoms with Crippen LogP contribution in [0.1, 0.15) is 176 Å². The van der Waals surface area contributed by atoms with Crippen LogP contribution in [-0.4, -0.2) is 231 Å². The number of esters is 4. The van der Waals surface area contributed by atoms with E-state index in [0.29, 0.717) is 57.1 Å². The van der Waals surface area contributed by atoms with Gasteiger partial charge in [-0.3, -0.25) is 47.5 Å². The molecule has 6 unspecified atom stereocenters. The van der Waals surface area contributed by atoms with Gasteiger partial charge in [0, 0.05) is 103 Å². The quantitative estimate of drug-likeness (QED) is 0.00978. The van der Waals surface area contributed by atoms with E-state index in [0.717, 1.165) is 46.9 Å². The fraction of sp³-hybridized carbons (Fsp3) is 0.534. The third-order valence-electron chi connectivity index (χ3n) is 19.7. The number of Topliss-reactive ketones (excluding diaryl/α,β-unsaturated/α-hetero) is 2. The average Bonchev–Trinajstić information content (AvgIpc) is 0.963. The number of carboxylic acid groups (broad SMARTS) is 1. The zero-order valence-electron chi connectivity index (χ0n) is 70.7. The molecular formula is C88H128N12O18S2. The molecule has 4 aromatic carbocycles. The number of aromatic nitrogens is 4. The van der Waals surface area contributed by atoms with E-state index >= 15 is 0 Å². The Balaban J connectivity index is 0.000000395. The van der Waals surface area contributed by atoms with Crippen LogP contribution in [0.5, 0.6) is 0 Å². The maximum atomic E-state index is 13.2. The molecule has 0 spiro atoms. The molecule has 0 radical (unpaired) electrons. The van der Waals surface area contributed by atoms with Gasteiger partial charge in [0.25, 0.3) is 0 Å². The normalized spacial score (nSPS) is 16.2. The van der Waals surface area contributed by atoms with E-state index in [1.165, 1.54) is 57.5 Å². The number of imidazole rings is 2. The van der Waals surface area contributed by atoms with Crippen molar-refractivity contribution in [1.29, 1.82) is 0 Å². The fourth-order valence-corrected chi connectivity index (χ4v) is 16.0. The van der Waals surface area contributed by atoms with E-state index < -0.39 is 75.5 Å². The number of amides is 3. The molecule has 2 saturated heterocycles. The molecular weight excluding hydrogens is 1580 g/mol. The summed E-state index contributed by atoms with van der Waals surface area (Å²) in [4.78, 5) is 144. The van der Waals surface area contributed by atoms with E-state index in [1.54, 1.807) is 38.9 Å². The SMILES string of the molecule is C.CC1(C)CC(N)CC(C)(C)N1O.CNC(Cc1ccccc1)C(=O)OCCCCOC(=O)C(Cc1ccccc1)NC(=O)CC(SCCC(=O)NC1CC(C)(C)N(O)C(C)(C)C1)C(C)=O.CNC(Cc1ccccc1)C(=O)OCCCCOC(=O)C(Cc1ccccc1)NC(=O)CC(SCCC(=O)O)C(C)=O.O=C(n1ccnc1)n1ccnc1. The lowest BCUT2D eigenvalue weighted by molar-refractivity contribution is -0.246. The monoisotopic (exact) mass is 1700 g/mol. The van der Waals surface area contributed by atoms with Gasteiger partial charge < -0.3 is 66.8 Å². The minimum absolute atomic E-state index is 0. The minimum atomic E-state index is -0.983. The summed E-state index contributed by atoms with van der Waals surface area (Å²) in [6, 6.07) is 34.7. The van der Waals surface area contributed by atoms with Gasteiger partial charge >= 0.3 is 35.9 Å². The van der Waals surface area contributed by atoms with Gasteiger partial charge in [-0.1, -0.05) is 129 Å². The summed E-state index contributed by atoms with van der Waals surface area (Å²) in [6.07, 6.45) is 15.1. The van der Waals surface area contributed by atoms with Crippen LogP contribution < -0.4 is 32.3 Å². The maximum Gasteiger partial charge on any atom is 0.338 e. The number of hydrogen-bond donors (Lipinski definition) is 9. The van der Waals surface area contributed by atoms with Crippen LogP contribution in [0.3, 0.4) is 0 Å². The first kappa shape index (κ1) is 103. The predicted molar refractivity (Wildman–Crippen MR) is 462 cm³/mol. The van der Waals surface area contributed by atoms with Gasteiger partial charge in [-0.05, 0) is 170 Å². The Morgan fingerprint density at radius 3 is 1.06 bits per heavy atom. The molecule has 0 saturated carbocycles. The summed E-state index contributed by atoms with van der Waals surface area (Å²) in [7, 11) is 3.42. The highest BCUT2D eigenvalue weighted by atomic mass is 32.2. The van der Waals surface area contributed by atoms with E-state index in [9.17, 15) is 63.2 Å². The molecule has 120 heavy (non-hydrogen) atoms. The van der Waals surface area contributed by atoms with Gasteiger partial charge in [0.15, 0.2) is 0 Å². The molecule has 10 N–H and O–H groups in total. The van der Waals surface area contributed by atoms with E-state index in [4.69, 9.17) is 29.8 Å². The molecule has 8 rings (SSSR count). The zero-order chi connectivity index (χ0) is 87.7. The van der Waals surface area contributed by atoms with Crippen molar-refractivity contribution < 1.29 is 87.2 Å². The number of hydroxylamine groups is 4. The minimum Gasteiger partial charge on any atom is -0.481 e. The van der Waals surface area contributed by atoms with Crippen LogP contribution in [0.15, 0.2) is 159 Å². The first-order valence-electron chi connectivity index (χ1n) is 40.2. The number of carbonyl (C=O) groups excluding carboxylic acids is 10. The van der Waals surface area contributed by atoms with Crippen molar-refractivity contribution in [2.75, 3.05) is 52.0 Å². The highest BCUT2D eigenvalue weighted by Gasteiger charge is 2.46. The van der Waals surface area contributed by atoms with Crippen molar-refractivity contribution in [2.45, 2.75) is 248 Å². The number of nitrogens with two attached hydrogens (primary N) is 1. The Bertz CT molecular complexity index is 4020. The number of likely N-dealkylation sites (N-methyl/N-ethyl adjacent to an activating group) is 2. The van der Waals surface area contributed by atoms with Crippen LogP contribution in [0, 0.1) is 0 Å². The third-order valence-corrected chi connectivity index (χ3v) is 22.4. The number of ether oxygens (including phenoxy) is 4. The number of nitrogens with one attached hydrogen (secondary N) is 5. The summed E-state index contributed by atoms with van der Waals surface area (Å²) >= 11 is 2.34. The van der Waals surface area contributed by atoms with Gasteiger partial charge in [-0.25, -0.2) is 24.4 Å². The van der Waals surface area contributed by atoms with E-state index in [-0.39, 0.29) is 137 Å². The summed E-state index contributed by atoms with van der Waals surface area (Å²) in [5.74, 6) is -3.94. The van der Waals surface area contributed by atoms with Crippen LogP contribution in [0.4, 0.5) is 4.79 Å². The molecule has 2 aromatic heterocycles. The topological polar surface area (TPSA) is 414 Å². The Morgan fingerprint density at radius 2 is 0.767 bits per heavy atom. The first-order chi connectivity index (χ1) is 56.4. The smallest absolute Gasteiger partial charge is 0.338 e. The van der Waals surface area contributed by atoms with Gasteiger partial charge in [0.1, 0.15) is 48.4 Å². The van der Waals surface area contributed by atoms with E-state index in [2.05, 4.69) is 36.6 Å². The number of hydrogen-bond acceptors (Lipinski definition) is 26. The number of nitrogens with zero attached hydrogens (tertiary/aromatic N) is 6. The molecule has 660 valence electrons. The summed E-state index contributed by atoms with van der Waals surface area (Å²) in [5.41, 5.74) is 8.22. The lowest BCUT2D eigenvalue weighted by atomic mass is 9.79.